The molecule has 9 nitrogen and oxygen atoms in total. The Morgan fingerprint density at radius 2 is 1.64 bits per heavy atom. The first-order chi connectivity index (χ1) is 18.4. The molecule has 10 heteroatoms. The molecule has 208 valence electrons. The van der Waals surface area contributed by atoms with Crippen molar-refractivity contribution in [3.8, 4) is 5.75 Å². The zero-order chi connectivity index (χ0) is 28.1. The maximum Gasteiger partial charge on any atom is 0.252 e. The number of hydrogen-bond acceptors (Lipinski definition) is 6. The quantitative estimate of drug-likeness (QED) is 0.529. The van der Waals surface area contributed by atoms with Crippen molar-refractivity contribution >= 4 is 33.2 Å². The summed E-state index contributed by atoms with van der Waals surface area (Å²) in [5.74, 6) is -1.42. The van der Waals surface area contributed by atoms with Crippen LogP contribution in [0.4, 0.5) is 5.69 Å². The highest BCUT2D eigenvalue weighted by molar-refractivity contribution is 7.93. The lowest BCUT2D eigenvalue weighted by atomic mass is 9.93. The van der Waals surface area contributed by atoms with Gasteiger partial charge in [0, 0.05) is 11.7 Å². The normalized spacial score (nSPS) is 24.4. The second-order valence-electron chi connectivity index (χ2n) is 11.4. The molecule has 2 aromatic carbocycles. The zero-order valence-electron chi connectivity index (χ0n) is 22.5. The predicted molar refractivity (Wildman–Crippen MR) is 147 cm³/mol. The molecule has 0 radical (unpaired) electrons. The molecular formula is C29H35N3O6S. The maximum atomic E-state index is 14.6. The summed E-state index contributed by atoms with van der Waals surface area (Å²) in [6.45, 7) is 4.85. The van der Waals surface area contributed by atoms with Crippen LogP contribution in [0.15, 0.2) is 48.5 Å². The summed E-state index contributed by atoms with van der Waals surface area (Å²) in [4.78, 5) is 43.8. The molecule has 2 aromatic rings. The number of nitrogens with one attached hydrogen (secondary N) is 1. The van der Waals surface area contributed by atoms with Crippen molar-refractivity contribution in [1.82, 2.24) is 10.2 Å². The number of aromatic hydroxyl groups is 1. The average Bonchev–Trinajstić information content (AvgIpc) is 3.02. The Kier molecular flexibility index (Phi) is 6.95. The number of fused-ring (bicyclic) bond motifs is 1. The second-order valence-corrected chi connectivity index (χ2v) is 14.1. The standard InChI is InChI=1S/C29H35N3O6S/c1-18-9-13-21(14-10-18)31(28(36)26-29(2,3)39(37,38)24-17-23(34)32(24)26)25(19-11-15-22(33)16-12-19)27(35)30-20-7-5-4-6-8-20/h9-16,20,24-26,33H,4-8,17H2,1-3H3,(H,30,35)/t24-,25-,26-/m0/s1. The molecular weight excluding hydrogens is 518 g/mol. The van der Waals surface area contributed by atoms with E-state index in [4.69, 9.17) is 0 Å². The predicted octanol–water partition coefficient (Wildman–Crippen LogP) is 3.36. The number of benzene rings is 2. The lowest BCUT2D eigenvalue weighted by Crippen LogP contribution is -2.61. The minimum Gasteiger partial charge on any atom is -0.508 e. The van der Waals surface area contributed by atoms with Crippen molar-refractivity contribution in [2.24, 2.45) is 0 Å². The maximum absolute atomic E-state index is 14.6. The van der Waals surface area contributed by atoms with E-state index in [1.165, 1.54) is 35.8 Å². The summed E-state index contributed by atoms with van der Waals surface area (Å²) in [5.41, 5.74) is 1.81. The number of sulfone groups is 1. The highest BCUT2D eigenvalue weighted by Crippen LogP contribution is 2.47. The van der Waals surface area contributed by atoms with E-state index >= 15 is 0 Å². The van der Waals surface area contributed by atoms with Crippen molar-refractivity contribution in [2.75, 3.05) is 4.90 Å². The van der Waals surface area contributed by atoms with Crippen molar-refractivity contribution in [2.45, 2.75) is 87.5 Å². The molecule has 3 amide bonds. The smallest absolute Gasteiger partial charge is 0.252 e. The average molecular weight is 554 g/mol. The van der Waals surface area contributed by atoms with Gasteiger partial charge in [-0.05, 0) is 63.4 Å². The molecule has 3 atom stereocenters. The Morgan fingerprint density at radius 3 is 2.23 bits per heavy atom. The highest BCUT2D eigenvalue weighted by atomic mass is 32.2. The molecule has 5 rings (SSSR count). The summed E-state index contributed by atoms with van der Waals surface area (Å²) in [7, 11) is -3.83. The van der Waals surface area contributed by atoms with Crippen LogP contribution >= 0.6 is 0 Å². The fourth-order valence-corrected chi connectivity index (χ4v) is 8.20. The third-order valence-corrected chi connectivity index (χ3v) is 11.2. The van der Waals surface area contributed by atoms with Gasteiger partial charge in [0.15, 0.2) is 9.84 Å². The zero-order valence-corrected chi connectivity index (χ0v) is 23.3. The van der Waals surface area contributed by atoms with E-state index in [1.807, 2.05) is 19.1 Å². The Labute approximate surface area is 229 Å². The van der Waals surface area contributed by atoms with Gasteiger partial charge in [-0.3, -0.25) is 19.3 Å². The number of hydrogen-bond donors (Lipinski definition) is 2. The summed E-state index contributed by atoms with van der Waals surface area (Å²) >= 11 is 0. The Hall–Kier alpha value is -3.40. The largest absolute Gasteiger partial charge is 0.508 e. The second kappa shape index (κ2) is 9.97. The molecule has 2 N–H and O–H groups in total. The van der Waals surface area contributed by atoms with E-state index < -0.39 is 49.8 Å². The number of carbonyl (C=O) groups excluding carboxylic acids is 3. The fourth-order valence-electron chi connectivity index (χ4n) is 6.07. The van der Waals surface area contributed by atoms with Crippen molar-refractivity contribution < 1.29 is 27.9 Å². The van der Waals surface area contributed by atoms with Crippen molar-refractivity contribution in [3.05, 3.63) is 59.7 Å². The van der Waals surface area contributed by atoms with E-state index in [2.05, 4.69) is 5.32 Å². The number of aryl methyl sites for hydroxylation is 1. The van der Waals surface area contributed by atoms with E-state index in [0.29, 0.717) is 11.3 Å². The van der Waals surface area contributed by atoms with Gasteiger partial charge in [0.05, 0.1) is 11.2 Å². The highest BCUT2D eigenvalue weighted by Gasteiger charge is 2.68. The van der Waals surface area contributed by atoms with Gasteiger partial charge in [-0.25, -0.2) is 8.42 Å². The van der Waals surface area contributed by atoms with E-state index in [9.17, 15) is 27.9 Å². The van der Waals surface area contributed by atoms with E-state index in [0.717, 1.165) is 37.7 Å². The number of β-lactam (4-membered cyclic amide) rings is 1. The molecule has 3 aliphatic rings. The Morgan fingerprint density at radius 1 is 1.03 bits per heavy atom. The first-order valence-corrected chi connectivity index (χ1v) is 15.0. The van der Waals surface area contributed by atoms with Crippen LogP contribution in [-0.4, -0.2) is 58.4 Å². The Bertz CT molecular complexity index is 1380. The molecule has 0 aromatic heterocycles. The van der Waals surface area contributed by atoms with Gasteiger partial charge < -0.3 is 15.3 Å². The van der Waals surface area contributed by atoms with Crippen LogP contribution in [0.5, 0.6) is 5.75 Å². The van der Waals surface area contributed by atoms with Crippen LogP contribution in [0.1, 0.15) is 69.5 Å². The van der Waals surface area contributed by atoms with Gasteiger partial charge in [0.25, 0.3) is 5.91 Å². The summed E-state index contributed by atoms with van der Waals surface area (Å²) in [6, 6.07) is 10.7. The summed E-state index contributed by atoms with van der Waals surface area (Å²) in [5, 5.41) is 12.0. The first kappa shape index (κ1) is 27.2. The number of nitrogens with zero attached hydrogens (tertiary/aromatic N) is 2. The Balaban J connectivity index is 1.63. The van der Waals surface area contributed by atoms with E-state index in [-0.39, 0.29) is 18.2 Å². The third kappa shape index (κ3) is 4.58. The minimum atomic E-state index is -3.83. The number of phenols is 1. The minimum absolute atomic E-state index is 0.00967. The van der Waals surface area contributed by atoms with Crippen LogP contribution in [0.3, 0.4) is 0 Å². The molecule has 1 saturated carbocycles. The van der Waals surface area contributed by atoms with Gasteiger partial charge in [-0.1, -0.05) is 49.1 Å². The molecule has 0 bridgehead atoms. The summed E-state index contributed by atoms with van der Waals surface area (Å²) in [6.07, 6.45) is 4.64. The number of phenolic OH excluding ortho intramolecular Hbond substituents is 1. The molecule has 2 saturated heterocycles. The topological polar surface area (TPSA) is 124 Å². The monoisotopic (exact) mass is 553 g/mol. The first-order valence-electron chi connectivity index (χ1n) is 13.5. The lowest BCUT2D eigenvalue weighted by Gasteiger charge is -2.41. The number of rotatable bonds is 6. The molecule has 0 unspecified atom stereocenters. The third-order valence-electron chi connectivity index (χ3n) is 8.43. The number of carbonyl (C=O) groups is 3. The van der Waals surface area contributed by atoms with Crippen LogP contribution < -0.4 is 10.2 Å². The molecule has 39 heavy (non-hydrogen) atoms. The summed E-state index contributed by atoms with van der Waals surface area (Å²) < 4.78 is 25.1. The van der Waals surface area contributed by atoms with Gasteiger partial charge in [0.2, 0.25) is 11.8 Å². The van der Waals surface area contributed by atoms with Crippen LogP contribution in [0, 0.1) is 6.92 Å². The number of amides is 3. The molecule has 3 fully saturated rings. The van der Waals surface area contributed by atoms with Crippen LogP contribution in [0.25, 0.3) is 0 Å². The molecule has 2 heterocycles. The molecule has 0 spiro atoms. The van der Waals surface area contributed by atoms with Crippen molar-refractivity contribution in [3.63, 3.8) is 0 Å². The lowest BCUT2D eigenvalue weighted by molar-refractivity contribution is -0.149. The number of anilines is 1. The SMILES string of the molecule is Cc1ccc(N(C(=O)[C@@H]2N3C(=O)C[C@@H]3S(=O)(=O)C2(C)C)[C@H](C(=O)NC2CCCCC2)c2ccc(O)cc2)cc1. The van der Waals surface area contributed by atoms with E-state index in [1.54, 1.807) is 24.3 Å². The fraction of sp³-hybridized carbons (Fsp3) is 0.483. The molecule has 1 aliphatic carbocycles. The molecule has 2 aliphatic heterocycles. The van der Waals surface area contributed by atoms with Gasteiger partial charge in [-0.15, -0.1) is 0 Å². The van der Waals surface area contributed by atoms with Gasteiger partial charge in [0.1, 0.15) is 23.2 Å². The van der Waals surface area contributed by atoms with Gasteiger partial charge in [-0.2, -0.15) is 0 Å². The van der Waals surface area contributed by atoms with Crippen LogP contribution in [-0.2, 0) is 24.2 Å². The van der Waals surface area contributed by atoms with Crippen LogP contribution in [0.2, 0.25) is 0 Å². The van der Waals surface area contributed by atoms with Gasteiger partial charge >= 0.3 is 0 Å². The van der Waals surface area contributed by atoms with Crippen molar-refractivity contribution in [1.29, 1.82) is 0 Å².